The van der Waals surface area contributed by atoms with Crippen LogP contribution in [0.2, 0.25) is 0 Å². The van der Waals surface area contributed by atoms with Crippen LogP contribution in [-0.4, -0.2) is 0 Å². The van der Waals surface area contributed by atoms with Crippen molar-refractivity contribution in [2.45, 2.75) is 6.18 Å². The fourth-order valence-corrected chi connectivity index (χ4v) is 2.01. The summed E-state index contributed by atoms with van der Waals surface area (Å²) in [4.78, 5) is 0. The zero-order valence-corrected chi connectivity index (χ0v) is 11.2. The first-order valence-electron chi connectivity index (χ1n) is 5.35. The number of nitrogen functional groups attached to an aromatic ring is 1. The molecular weight excluding hydrogens is 321 g/mol. The zero-order chi connectivity index (χ0) is 14.0. The zero-order valence-electron chi connectivity index (χ0n) is 9.63. The van der Waals surface area contributed by atoms with Crippen molar-refractivity contribution >= 4 is 33.0 Å². The van der Waals surface area contributed by atoms with Crippen LogP contribution in [0.5, 0.6) is 0 Å². The molecule has 0 spiro atoms. The first kappa shape index (κ1) is 13.7. The molecule has 0 bridgehead atoms. The molecule has 2 aromatic carbocycles. The topological polar surface area (TPSA) is 38.0 Å². The summed E-state index contributed by atoms with van der Waals surface area (Å²) in [5.74, 6) is 0. The molecule has 0 atom stereocenters. The molecule has 2 aromatic rings. The Morgan fingerprint density at radius 2 is 1.68 bits per heavy atom. The van der Waals surface area contributed by atoms with Crippen molar-refractivity contribution < 1.29 is 13.2 Å². The number of hydrogen-bond donors (Lipinski definition) is 2. The van der Waals surface area contributed by atoms with Crippen LogP contribution in [0.4, 0.5) is 30.2 Å². The molecule has 0 saturated carbocycles. The van der Waals surface area contributed by atoms with Gasteiger partial charge in [0.2, 0.25) is 0 Å². The van der Waals surface area contributed by atoms with Crippen LogP contribution < -0.4 is 11.1 Å². The van der Waals surface area contributed by atoms with Crippen LogP contribution in [-0.2, 0) is 6.18 Å². The van der Waals surface area contributed by atoms with Crippen LogP contribution in [0.25, 0.3) is 0 Å². The van der Waals surface area contributed by atoms with E-state index in [-0.39, 0.29) is 5.69 Å². The van der Waals surface area contributed by atoms with E-state index < -0.39 is 11.7 Å². The maximum absolute atomic E-state index is 12.7. The summed E-state index contributed by atoms with van der Waals surface area (Å²) in [5, 5.41) is 2.90. The highest BCUT2D eigenvalue weighted by atomic mass is 79.9. The minimum Gasteiger partial charge on any atom is -0.398 e. The second-order valence-corrected chi connectivity index (χ2v) is 4.85. The van der Waals surface area contributed by atoms with Crippen molar-refractivity contribution in [3.63, 3.8) is 0 Å². The Morgan fingerprint density at radius 3 is 2.32 bits per heavy atom. The number of rotatable bonds is 2. The van der Waals surface area contributed by atoms with Gasteiger partial charge >= 0.3 is 6.18 Å². The third-order valence-electron chi connectivity index (χ3n) is 2.47. The minimum absolute atomic E-state index is 0.285. The molecule has 0 radical (unpaired) electrons. The molecule has 19 heavy (non-hydrogen) atoms. The van der Waals surface area contributed by atoms with Crippen molar-refractivity contribution in [1.29, 1.82) is 0 Å². The quantitative estimate of drug-likeness (QED) is 0.776. The molecule has 100 valence electrons. The van der Waals surface area contributed by atoms with Gasteiger partial charge in [-0.3, -0.25) is 0 Å². The maximum Gasteiger partial charge on any atom is 0.418 e. The van der Waals surface area contributed by atoms with Gasteiger partial charge in [0.05, 0.1) is 5.56 Å². The average Bonchev–Trinajstić information content (AvgIpc) is 2.30. The molecule has 0 heterocycles. The summed E-state index contributed by atoms with van der Waals surface area (Å²) in [6.45, 7) is 0. The highest BCUT2D eigenvalue weighted by molar-refractivity contribution is 9.10. The summed E-state index contributed by atoms with van der Waals surface area (Å²) < 4.78 is 39.0. The Balaban J connectivity index is 2.32. The van der Waals surface area contributed by atoms with Crippen LogP contribution in [0, 0.1) is 0 Å². The third-order valence-corrected chi connectivity index (χ3v) is 2.97. The second kappa shape index (κ2) is 5.13. The minimum atomic E-state index is -4.46. The van der Waals surface area contributed by atoms with Crippen molar-refractivity contribution in [1.82, 2.24) is 0 Å². The van der Waals surface area contributed by atoms with E-state index in [2.05, 4.69) is 21.2 Å². The standard InChI is InChI=1S/C13H10BrF3N2/c14-8-2-1-3-9(6-8)19-10-4-5-12(18)11(7-10)13(15,16)17/h1-7,19H,18H2. The first-order chi connectivity index (χ1) is 8.86. The highest BCUT2D eigenvalue weighted by Gasteiger charge is 2.33. The molecule has 0 aliphatic rings. The smallest absolute Gasteiger partial charge is 0.398 e. The summed E-state index contributed by atoms with van der Waals surface area (Å²) in [6, 6.07) is 10.9. The molecule has 0 saturated heterocycles. The van der Waals surface area contributed by atoms with E-state index in [1.165, 1.54) is 12.1 Å². The number of hydrogen-bond acceptors (Lipinski definition) is 2. The maximum atomic E-state index is 12.7. The summed E-state index contributed by atoms with van der Waals surface area (Å²) in [6.07, 6.45) is -4.46. The average molecular weight is 331 g/mol. The molecule has 0 unspecified atom stereocenters. The lowest BCUT2D eigenvalue weighted by Crippen LogP contribution is -2.09. The molecule has 2 rings (SSSR count). The summed E-state index contributed by atoms with van der Waals surface area (Å²) in [7, 11) is 0. The normalized spacial score (nSPS) is 11.4. The monoisotopic (exact) mass is 330 g/mol. The Morgan fingerprint density at radius 1 is 1.00 bits per heavy atom. The highest BCUT2D eigenvalue weighted by Crippen LogP contribution is 2.35. The van der Waals surface area contributed by atoms with Gasteiger partial charge in [0.1, 0.15) is 0 Å². The van der Waals surface area contributed by atoms with E-state index in [9.17, 15) is 13.2 Å². The molecule has 3 N–H and O–H groups in total. The summed E-state index contributed by atoms with van der Waals surface area (Å²) >= 11 is 3.29. The number of nitrogens with two attached hydrogens (primary N) is 1. The van der Waals surface area contributed by atoms with Gasteiger partial charge in [-0.25, -0.2) is 0 Å². The van der Waals surface area contributed by atoms with E-state index >= 15 is 0 Å². The lowest BCUT2D eigenvalue weighted by molar-refractivity contribution is -0.136. The van der Waals surface area contributed by atoms with Crippen molar-refractivity contribution in [3.05, 3.63) is 52.5 Å². The van der Waals surface area contributed by atoms with Crippen LogP contribution in [0.15, 0.2) is 46.9 Å². The predicted octanol–water partition coefficient (Wildman–Crippen LogP) is 4.79. The lowest BCUT2D eigenvalue weighted by Gasteiger charge is -2.13. The first-order valence-corrected chi connectivity index (χ1v) is 6.15. The molecule has 0 aliphatic carbocycles. The molecule has 2 nitrogen and oxygen atoms in total. The van der Waals surface area contributed by atoms with Crippen molar-refractivity contribution in [2.24, 2.45) is 0 Å². The number of benzene rings is 2. The van der Waals surface area contributed by atoms with Gasteiger partial charge in [0.25, 0.3) is 0 Å². The van der Waals surface area contributed by atoms with Gasteiger partial charge in [-0.05, 0) is 36.4 Å². The number of halogens is 4. The fraction of sp³-hybridized carbons (Fsp3) is 0.0769. The third kappa shape index (κ3) is 3.41. The molecular formula is C13H10BrF3N2. The number of nitrogens with one attached hydrogen (secondary N) is 1. The van der Waals surface area contributed by atoms with Gasteiger partial charge in [-0.1, -0.05) is 22.0 Å². The Bertz CT molecular complexity index is 597. The number of anilines is 3. The van der Waals surface area contributed by atoms with Crippen molar-refractivity contribution in [2.75, 3.05) is 11.1 Å². The lowest BCUT2D eigenvalue weighted by atomic mass is 10.1. The SMILES string of the molecule is Nc1ccc(Nc2cccc(Br)c2)cc1C(F)(F)F. The molecule has 0 amide bonds. The van der Waals surface area contributed by atoms with E-state index in [1.54, 1.807) is 18.2 Å². The van der Waals surface area contributed by atoms with Gasteiger partial charge in [-0.15, -0.1) is 0 Å². The molecule has 6 heteroatoms. The predicted molar refractivity (Wildman–Crippen MR) is 73.3 cm³/mol. The molecule has 0 fully saturated rings. The second-order valence-electron chi connectivity index (χ2n) is 3.94. The largest absolute Gasteiger partial charge is 0.418 e. The van der Waals surface area contributed by atoms with Crippen LogP contribution in [0.1, 0.15) is 5.56 Å². The van der Waals surface area contributed by atoms with Crippen LogP contribution >= 0.6 is 15.9 Å². The number of alkyl halides is 3. The molecule has 0 aromatic heterocycles. The van der Waals surface area contributed by atoms with E-state index in [0.717, 1.165) is 10.5 Å². The van der Waals surface area contributed by atoms with E-state index in [4.69, 9.17) is 5.73 Å². The Kier molecular flexibility index (Phi) is 3.71. The van der Waals surface area contributed by atoms with Crippen LogP contribution in [0.3, 0.4) is 0 Å². The Hall–Kier alpha value is -1.69. The van der Waals surface area contributed by atoms with Gasteiger partial charge < -0.3 is 11.1 Å². The van der Waals surface area contributed by atoms with Gasteiger partial charge in [0, 0.05) is 21.5 Å². The fourth-order valence-electron chi connectivity index (χ4n) is 1.61. The van der Waals surface area contributed by atoms with E-state index in [1.807, 2.05) is 6.07 Å². The summed E-state index contributed by atoms with van der Waals surface area (Å²) in [5.41, 5.74) is 5.23. The van der Waals surface area contributed by atoms with Gasteiger partial charge in [0.15, 0.2) is 0 Å². The van der Waals surface area contributed by atoms with E-state index in [0.29, 0.717) is 11.4 Å². The Labute approximate surface area is 116 Å². The van der Waals surface area contributed by atoms with Gasteiger partial charge in [-0.2, -0.15) is 13.2 Å². The molecule has 0 aliphatic heterocycles. The van der Waals surface area contributed by atoms with Crippen molar-refractivity contribution in [3.8, 4) is 0 Å².